The van der Waals surface area contributed by atoms with E-state index in [1.807, 2.05) is 25.3 Å². The van der Waals surface area contributed by atoms with Crippen LogP contribution in [0, 0.1) is 6.92 Å². The number of anilines is 1. The van der Waals surface area contributed by atoms with Crippen LogP contribution in [0.15, 0.2) is 35.3 Å². The number of H-pyrrole nitrogens is 1. The molecule has 2 rings (SSSR count). The molecule has 1 aromatic heterocycles. The molecule has 0 aliphatic rings. The first kappa shape index (κ1) is 16.2. The number of para-hydroxylation sites is 2. The maximum absolute atomic E-state index is 11.9. The zero-order valence-electron chi connectivity index (χ0n) is 12.7. The monoisotopic (exact) mass is 320 g/mol. The van der Waals surface area contributed by atoms with E-state index in [1.54, 1.807) is 30.1 Å². The molecule has 3 N–H and O–H groups in total. The highest BCUT2D eigenvalue weighted by Gasteiger charge is 2.11. The molecule has 2 amide bonds. The van der Waals surface area contributed by atoms with Crippen LogP contribution >= 0.6 is 11.8 Å². The SMILES string of the molecule is CSCCCNC(=O)Nc1ccccc1-n1c(C)c[nH]c1=O. The van der Waals surface area contributed by atoms with Gasteiger partial charge in [0.15, 0.2) is 0 Å². The third-order valence-electron chi connectivity index (χ3n) is 3.16. The number of carbonyl (C=O) groups excluding carboxylic acids is 1. The summed E-state index contributed by atoms with van der Waals surface area (Å²) in [5.41, 5.74) is 1.78. The molecule has 1 aromatic carbocycles. The third-order valence-corrected chi connectivity index (χ3v) is 3.86. The van der Waals surface area contributed by atoms with Crippen molar-refractivity contribution in [2.75, 3.05) is 23.9 Å². The lowest BCUT2D eigenvalue weighted by molar-refractivity contribution is 0.252. The number of thioether (sulfide) groups is 1. The molecule has 0 bridgehead atoms. The lowest BCUT2D eigenvalue weighted by Crippen LogP contribution is -2.30. The van der Waals surface area contributed by atoms with E-state index in [1.165, 1.54) is 4.57 Å². The second kappa shape index (κ2) is 7.74. The highest BCUT2D eigenvalue weighted by atomic mass is 32.2. The number of aromatic amines is 1. The van der Waals surface area contributed by atoms with E-state index in [9.17, 15) is 9.59 Å². The Morgan fingerprint density at radius 1 is 1.36 bits per heavy atom. The number of aromatic nitrogens is 2. The molecule has 118 valence electrons. The Morgan fingerprint density at radius 3 is 2.82 bits per heavy atom. The largest absolute Gasteiger partial charge is 0.338 e. The molecule has 0 saturated carbocycles. The van der Waals surface area contributed by atoms with Crippen LogP contribution in [0.2, 0.25) is 0 Å². The van der Waals surface area contributed by atoms with Gasteiger partial charge in [-0.3, -0.25) is 4.57 Å². The number of imidazole rings is 1. The molecule has 0 aliphatic carbocycles. The minimum Gasteiger partial charge on any atom is -0.338 e. The fourth-order valence-electron chi connectivity index (χ4n) is 2.11. The fraction of sp³-hybridized carbons (Fsp3) is 0.333. The Balaban J connectivity index is 2.13. The molecule has 6 nitrogen and oxygen atoms in total. The van der Waals surface area contributed by atoms with Gasteiger partial charge in [-0.05, 0) is 37.5 Å². The van der Waals surface area contributed by atoms with Gasteiger partial charge >= 0.3 is 11.7 Å². The second-order valence-corrected chi connectivity index (χ2v) is 5.80. The van der Waals surface area contributed by atoms with Gasteiger partial charge in [0, 0.05) is 18.4 Å². The number of rotatable bonds is 6. The average Bonchev–Trinajstić information content (AvgIpc) is 2.84. The van der Waals surface area contributed by atoms with Gasteiger partial charge in [0.25, 0.3) is 0 Å². The molecule has 0 radical (unpaired) electrons. The zero-order valence-corrected chi connectivity index (χ0v) is 13.5. The molecule has 0 fully saturated rings. The van der Waals surface area contributed by atoms with Gasteiger partial charge in [0.05, 0.1) is 11.4 Å². The number of aryl methyl sites for hydroxylation is 1. The Kier molecular flexibility index (Phi) is 5.71. The number of carbonyl (C=O) groups is 1. The molecule has 0 atom stereocenters. The van der Waals surface area contributed by atoms with Crippen LogP contribution in [0.1, 0.15) is 12.1 Å². The minimum atomic E-state index is -0.269. The smallest absolute Gasteiger partial charge is 0.330 e. The van der Waals surface area contributed by atoms with Crippen LogP contribution in [0.4, 0.5) is 10.5 Å². The zero-order chi connectivity index (χ0) is 15.9. The van der Waals surface area contributed by atoms with E-state index in [0.29, 0.717) is 17.9 Å². The summed E-state index contributed by atoms with van der Waals surface area (Å²) in [7, 11) is 0. The molecule has 2 aromatic rings. The number of hydrogen-bond acceptors (Lipinski definition) is 3. The van der Waals surface area contributed by atoms with Crippen LogP contribution in [0.5, 0.6) is 0 Å². The van der Waals surface area contributed by atoms with Crippen LogP contribution in [0.25, 0.3) is 5.69 Å². The summed E-state index contributed by atoms with van der Waals surface area (Å²) in [6.07, 6.45) is 4.60. The summed E-state index contributed by atoms with van der Waals surface area (Å²) in [5.74, 6) is 1.01. The maximum atomic E-state index is 11.9. The van der Waals surface area contributed by atoms with Gasteiger partial charge in [0.1, 0.15) is 0 Å². The molecule has 0 aliphatic heterocycles. The quantitative estimate of drug-likeness (QED) is 0.715. The summed E-state index contributed by atoms with van der Waals surface area (Å²) in [6, 6.07) is 6.95. The van der Waals surface area contributed by atoms with Gasteiger partial charge in [-0.2, -0.15) is 11.8 Å². The Bertz CT molecular complexity index is 693. The Morgan fingerprint density at radius 2 is 2.14 bits per heavy atom. The van der Waals surface area contributed by atoms with Crippen LogP contribution in [0.3, 0.4) is 0 Å². The van der Waals surface area contributed by atoms with Crippen molar-refractivity contribution >= 4 is 23.5 Å². The number of amides is 2. The van der Waals surface area contributed by atoms with Crippen molar-refractivity contribution < 1.29 is 4.79 Å². The van der Waals surface area contributed by atoms with Gasteiger partial charge in [-0.1, -0.05) is 12.1 Å². The molecule has 0 spiro atoms. The lowest BCUT2D eigenvalue weighted by atomic mass is 10.2. The first-order chi connectivity index (χ1) is 10.6. The summed E-state index contributed by atoms with van der Waals surface area (Å²) >= 11 is 1.75. The Labute approximate surface area is 133 Å². The fourth-order valence-corrected chi connectivity index (χ4v) is 2.55. The van der Waals surface area contributed by atoms with Crippen LogP contribution < -0.4 is 16.3 Å². The highest BCUT2D eigenvalue weighted by molar-refractivity contribution is 7.98. The maximum Gasteiger partial charge on any atom is 0.330 e. The van der Waals surface area contributed by atoms with Crippen molar-refractivity contribution in [1.29, 1.82) is 0 Å². The normalized spacial score (nSPS) is 10.5. The van der Waals surface area contributed by atoms with E-state index in [4.69, 9.17) is 0 Å². The van der Waals surface area contributed by atoms with E-state index in [2.05, 4.69) is 15.6 Å². The van der Waals surface area contributed by atoms with E-state index in [-0.39, 0.29) is 11.7 Å². The van der Waals surface area contributed by atoms with E-state index in [0.717, 1.165) is 17.9 Å². The highest BCUT2D eigenvalue weighted by Crippen LogP contribution is 2.19. The first-order valence-corrected chi connectivity index (χ1v) is 8.43. The standard InChI is InChI=1S/C15H20N4O2S/c1-11-10-17-15(21)19(11)13-7-4-3-6-12(13)18-14(20)16-8-5-9-22-2/h3-4,6-7,10H,5,8-9H2,1-2H3,(H,17,21)(H2,16,18,20). The summed E-state index contributed by atoms with van der Waals surface area (Å²) in [5, 5.41) is 5.61. The van der Waals surface area contributed by atoms with Crippen molar-refractivity contribution in [3.05, 3.63) is 46.6 Å². The van der Waals surface area contributed by atoms with Crippen molar-refractivity contribution in [1.82, 2.24) is 14.9 Å². The predicted molar refractivity (Wildman–Crippen MR) is 91.1 cm³/mol. The van der Waals surface area contributed by atoms with Gasteiger partial charge < -0.3 is 15.6 Å². The van der Waals surface area contributed by atoms with Crippen LogP contribution in [-0.2, 0) is 0 Å². The summed E-state index contributed by atoms with van der Waals surface area (Å²) < 4.78 is 1.53. The van der Waals surface area contributed by atoms with Crippen molar-refractivity contribution in [2.24, 2.45) is 0 Å². The van der Waals surface area contributed by atoms with Gasteiger partial charge in [-0.15, -0.1) is 0 Å². The number of urea groups is 1. The lowest BCUT2D eigenvalue weighted by Gasteiger charge is -2.13. The summed E-state index contributed by atoms with van der Waals surface area (Å²) in [6.45, 7) is 2.45. The Hall–Kier alpha value is -2.15. The topological polar surface area (TPSA) is 78.9 Å². The van der Waals surface area contributed by atoms with Gasteiger partial charge in [0.2, 0.25) is 0 Å². The van der Waals surface area contributed by atoms with Crippen molar-refractivity contribution in [3.63, 3.8) is 0 Å². The van der Waals surface area contributed by atoms with E-state index >= 15 is 0 Å². The molecule has 1 heterocycles. The molecular weight excluding hydrogens is 300 g/mol. The number of benzene rings is 1. The van der Waals surface area contributed by atoms with E-state index < -0.39 is 0 Å². The predicted octanol–water partition coefficient (Wildman–Crippen LogP) is 2.35. The van der Waals surface area contributed by atoms with Crippen molar-refractivity contribution in [3.8, 4) is 5.69 Å². The molecular formula is C15H20N4O2S. The third kappa shape index (κ3) is 3.94. The average molecular weight is 320 g/mol. The number of nitrogens with zero attached hydrogens (tertiary/aromatic N) is 1. The molecule has 0 saturated heterocycles. The number of hydrogen-bond donors (Lipinski definition) is 3. The summed E-state index contributed by atoms with van der Waals surface area (Å²) in [4.78, 5) is 26.5. The second-order valence-electron chi connectivity index (χ2n) is 4.82. The molecule has 7 heteroatoms. The van der Waals surface area contributed by atoms with Crippen LogP contribution in [-0.4, -0.2) is 34.1 Å². The first-order valence-electron chi connectivity index (χ1n) is 7.03. The van der Waals surface area contributed by atoms with Crippen molar-refractivity contribution in [2.45, 2.75) is 13.3 Å². The molecule has 22 heavy (non-hydrogen) atoms. The minimum absolute atomic E-state index is 0.230. The molecule has 0 unspecified atom stereocenters. The van der Waals surface area contributed by atoms with Gasteiger partial charge in [-0.25, -0.2) is 9.59 Å². The number of nitrogens with one attached hydrogen (secondary N) is 3.